The van der Waals surface area contributed by atoms with Crippen LogP contribution in [0.4, 0.5) is 4.39 Å². The van der Waals surface area contributed by atoms with Gasteiger partial charge in [0.1, 0.15) is 5.82 Å². The fraction of sp³-hybridized carbons (Fsp3) is 0.231. The number of hydrogen-bond acceptors (Lipinski definition) is 2. The highest BCUT2D eigenvalue weighted by Crippen LogP contribution is 2.33. The molecule has 18 heavy (non-hydrogen) atoms. The number of thiophene rings is 1. The Bertz CT molecular complexity index is 544. The topological polar surface area (TPSA) is 12.0 Å². The van der Waals surface area contributed by atoms with Crippen LogP contribution in [0.3, 0.4) is 0 Å². The normalized spacial score (nSPS) is 12.7. The first-order chi connectivity index (χ1) is 8.61. The van der Waals surface area contributed by atoms with E-state index in [0.29, 0.717) is 5.02 Å². The van der Waals surface area contributed by atoms with Gasteiger partial charge in [0.15, 0.2) is 0 Å². The summed E-state index contributed by atoms with van der Waals surface area (Å²) in [6, 6.07) is 6.40. The maximum Gasteiger partial charge on any atom is 0.123 e. The molecule has 96 valence electrons. The maximum absolute atomic E-state index is 13.4. The Morgan fingerprint density at radius 2 is 2.22 bits per heavy atom. The third kappa shape index (κ3) is 3.12. The number of halogens is 3. The van der Waals surface area contributed by atoms with Crippen LogP contribution in [0.15, 0.2) is 33.4 Å². The summed E-state index contributed by atoms with van der Waals surface area (Å²) in [6.07, 6.45) is 0. The third-order valence-electron chi connectivity index (χ3n) is 2.60. The van der Waals surface area contributed by atoms with Crippen LogP contribution in [0.5, 0.6) is 0 Å². The van der Waals surface area contributed by atoms with Crippen molar-refractivity contribution in [3.63, 3.8) is 0 Å². The van der Waals surface area contributed by atoms with Crippen LogP contribution in [-0.2, 0) is 0 Å². The van der Waals surface area contributed by atoms with E-state index in [1.54, 1.807) is 17.4 Å². The monoisotopic (exact) mass is 347 g/mol. The molecule has 0 aliphatic carbocycles. The Morgan fingerprint density at radius 3 is 2.83 bits per heavy atom. The zero-order valence-corrected chi connectivity index (χ0v) is 12.9. The minimum atomic E-state index is -0.272. The lowest BCUT2D eigenvalue weighted by Gasteiger charge is -2.18. The smallest absolute Gasteiger partial charge is 0.123 e. The summed E-state index contributed by atoms with van der Waals surface area (Å²) in [7, 11) is 0. The molecule has 1 aromatic carbocycles. The molecule has 0 bridgehead atoms. The van der Waals surface area contributed by atoms with E-state index in [1.165, 1.54) is 12.1 Å². The first-order valence-electron chi connectivity index (χ1n) is 5.54. The van der Waals surface area contributed by atoms with Crippen molar-refractivity contribution in [2.45, 2.75) is 13.0 Å². The van der Waals surface area contributed by atoms with Crippen LogP contribution in [0.2, 0.25) is 5.02 Å². The van der Waals surface area contributed by atoms with Gasteiger partial charge in [0.05, 0.1) is 9.83 Å². The Kier molecular flexibility index (Phi) is 4.78. The predicted octanol–water partition coefficient (Wildman–Crippen LogP) is 5.00. The second-order valence-corrected chi connectivity index (χ2v) is 6.54. The number of hydrogen-bond donors (Lipinski definition) is 1. The van der Waals surface area contributed by atoms with Crippen LogP contribution < -0.4 is 5.32 Å². The average Bonchev–Trinajstić information content (AvgIpc) is 2.76. The molecule has 0 radical (unpaired) electrons. The van der Waals surface area contributed by atoms with Gasteiger partial charge >= 0.3 is 0 Å². The quantitative estimate of drug-likeness (QED) is 0.819. The molecule has 0 aliphatic rings. The van der Waals surface area contributed by atoms with Crippen molar-refractivity contribution in [1.29, 1.82) is 0 Å². The van der Waals surface area contributed by atoms with Gasteiger partial charge in [-0.2, -0.15) is 0 Å². The molecule has 0 saturated carbocycles. The van der Waals surface area contributed by atoms with Crippen molar-refractivity contribution in [2.24, 2.45) is 0 Å². The largest absolute Gasteiger partial charge is 0.306 e. The molecular formula is C13H12BrClFNS. The number of rotatable bonds is 4. The van der Waals surface area contributed by atoms with Crippen molar-refractivity contribution in [2.75, 3.05) is 6.54 Å². The highest BCUT2D eigenvalue weighted by Gasteiger charge is 2.18. The third-order valence-corrected chi connectivity index (χ3v) is 4.47. The molecule has 1 N–H and O–H groups in total. The lowest BCUT2D eigenvalue weighted by atomic mass is 10.0. The summed E-state index contributed by atoms with van der Waals surface area (Å²) in [4.78, 5) is 0. The SMILES string of the molecule is CCNC(c1csc(Br)c1)c1cc(F)ccc1Cl. The fourth-order valence-electron chi connectivity index (χ4n) is 1.82. The van der Waals surface area contributed by atoms with Gasteiger partial charge in [-0.15, -0.1) is 11.3 Å². The van der Waals surface area contributed by atoms with Gasteiger partial charge in [0.2, 0.25) is 0 Å². The molecule has 2 rings (SSSR count). The lowest BCUT2D eigenvalue weighted by Crippen LogP contribution is -2.22. The van der Waals surface area contributed by atoms with E-state index >= 15 is 0 Å². The number of benzene rings is 1. The molecule has 5 heteroatoms. The zero-order valence-electron chi connectivity index (χ0n) is 9.71. The van der Waals surface area contributed by atoms with Crippen molar-refractivity contribution in [3.8, 4) is 0 Å². The summed E-state index contributed by atoms with van der Waals surface area (Å²) in [6.45, 7) is 2.80. The Hall–Kier alpha value is -0.420. The summed E-state index contributed by atoms with van der Waals surface area (Å²) in [5.74, 6) is -0.272. The van der Waals surface area contributed by atoms with Gasteiger partial charge in [0, 0.05) is 5.02 Å². The first kappa shape index (κ1) is 14.0. The van der Waals surface area contributed by atoms with E-state index in [9.17, 15) is 4.39 Å². The van der Waals surface area contributed by atoms with Crippen molar-refractivity contribution in [1.82, 2.24) is 5.32 Å². The number of nitrogens with one attached hydrogen (secondary N) is 1. The van der Waals surface area contributed by atoms with Crippen LogP contribution >= 0.6 is 38.9 Å². The summed E-state index contributed by atoms with van der Waals surface area (Å²) in [5, 5.41) is 5.95. The second-order valence-electron chi connectivity index (χ2n) is 3.84. The second kappa shape index (κ2) is 6.15. The molecule has 0 amide bonds. The van der Waals surface area contributed by atoms with E-state index in [0.717, 1.165) is 21.5 Å². The lowest BCUT2D eigenvalue weighted by molar-refractivity contribution is 0.604. The Balaban J connectivity index is 2.44. The molecule has 0 spiro atoms. The van der Waals surface area contributed by atoms with E-state index in [2.05, 4.69) is 21.2 Å². The van der Waals surface area contributed by atoms with Gasteiger partial charge < -0.3 is 5.32 Å². The molecule has 0 saturated heterocycles. The molecular weight excluding hydrogens is 337 g/mol. The maximum atomic E-state index is 13.4. The van der Waals surface area contributed by atoms with E-state index in [-0.39, 0.29) is 11.9 Å². The van der Waals surface area contributed by atoms with Crippen LogP contribution in [0.25, 0.3) is 0 Å². The van der Waals surface area contributed by atoms with Crippen molar-refractivity contribution in [3.05, 3.63) is 55.4 Å². The Labute approximate surface area is 123 Å². The highest BCUT2D eigenvalue weighted by molar-refractivity contribution is 9.11. The molecule has 0 aliphatic heterocycles. The average molecular weight is 349 g/mol. The minimum Gasteiger partial charge on any atom is -0.306 e. The van der Waals surface area contributed by atoms with Crippen LogP contribution in [0, 0.1) is 5.82 Å². The fourth-order valence-corrected chi connectivity index (χ4v) is 3.25. The summed E-state index contributed by atoms with van der Waals surface area (Å²) < 4.78 is 14.4. The van der Waals surface area contributed by atoms with Crippen molar-refractivity contribution < 1.29 is 4.39 Å². The first-order valence-corrected chi connectivity index (χ1v) is 7.59. The van der Waals surface area contributed by atoms with Crippen LogP contribution in [-0.4, -0.2) is 6.54 Å². The minimum absolute atomic E-state index is 0.0826. The van der Waals surface area contributed by atoms with Gasteiger partial charge in [-0.25, -0.2) is 4.39 Å². The zero-order chi connectivity index (χ0) is 13.1. The van der Waals surface area contributed by atoms with E-state index < -0.39 is 0 Å². The van der Waals surface area contributed by atoms with Gasteiger partial charge in [-0.3, -0.25) is 0 Å². The summed E-state index contributed by atoms with van der Waals surface area (Å²) >= 11 is 11.2. The molecule has 1 nitrogen and oxygen atoms in total. The molecule has 2 aromatic rings. The van der Waals surface area contributed by atoms with Crippen molar-refractivity contribution >= 4 is 38.9 Å². The van der Waals surface area contributed by atoms with E-state index in [1.807, 2.05) is 18.4 Å². The standard InChI is InChI=1S/C13H12BrClFNS/c1-2-17-13(8-5-12(14)18-7-8)10-6-9(16)3-4-11(10)15/h3-7,13,17H,2H2,1H3. The Morgan fingerprint density at radius 1 is 1.44 bits per heavy atom. The molecule has 0 fully saturated rings. The highest BCUT2D eigenvalue weighted by atomic mass is 79.9. The molecule has 1 atom stereocenters. The molecule has 1 unspecified atom stereocenters. The molecule has 1 aromatic heterocycles. The van der Waals surface area contributed by atoms with E-state index in [4.69, 9.17) is 11.6 Å². The molecule has 1 heterocycles. The van der Waals surface area contributed by atoms with Gasteiger partial charge in [-0.1, -0.05) is 18.5 Å². The van der Waals surface area contributed by atoms with Gasteiger partial charge in [0.25, 0.3) is 0 Å². The predicted molar refractivity (Wildman–Crippen MR) is 78.9 cm³/mol. The summed E-state index contributed by atoms with van der Waals surface area (Å²) in [5.41, 5.74) is 1.85. The van der Waals surface area contributed by atoms with Gasteiger partial charge in [-0.05, 0) is 63.2 Å². The van der Waals surface area contributed by atoms with Crippen LogP contribution in [0.1, 0.15) is 24.1 Å².